The van der Waals surface area contributed by atoms with Crippen LogP contribution in [0.5, 0.6) is 0 Å². The predicted molar refractivity (Wildman–Crippen MR) is 414 cm³/mol. The highest BCUT2D eigenvalue weighted by Gasteiger charge is 2.30. The second kappa shape index (κ2) is 72.3. The number of aliphatic hydroxyl groups is 1. The maximum absolute atomic E-state index is 13.1. The molecule has 0 aromatic carbocycles. The molecule has 0 aromatic rings. The first-order valence-electron chi connectivity index (χ1n) is 42.5. The fourth-order valence-electron chi connectivity index (χ4n) is 12.6. The monoisotopic (exact) mass is 1480 g/mol. The molecule has 0 spiro atoms. The Morgan fingerprint density at radius 3 is 0.703 bits per heavy atom. The summed E-state index contributed by atoms with van der Waals surface area (Å²) in [5, 5.41) is 10.7. The summed E-state index contributed by atoms with van der Waals surface area (Å²) in [6.07, 6.45) is 60.9. The van der Waals surface area contributed by atoms with Crippen LogP contribution in [0.2, 0.25) is 0 Å². The third kappa shape index (κ3) is 72.1. The second-order valence-corrected chi connectivity index (χ2v) is 33.1. The molecule has 0 radical (unpaired) electrons. The average molecular weight is 1480 g/mol. The third-order valence-corrected chi connectivity index (χ3v) is 22.1. The molecular formula is C82H160O17P2. The minimum Gasteiger partial charge on any atom is -0.462 e. The first kappa shape index (κ1) is 99.1. The average Bonchev–Trinajstić information content (AvgIpc) is 1.19. The van der Waals surface area contributed by atoms with Gasteiger partial charge in [0.05, 0.1) is 26.4 Å². The number of carbonyl (C=O) groups excluding carboxylic acids is 4. The van der Waals surface area contributed by atoms with Crippen LogP contribution < -0.4 is 0 Å². The van der Waals surface area contributed by atoms with Crippen LogP contribution in [0.1, 0.15) is 427 Å². The van der Waals surface area contributed by atoms with Gasteiger partial charge in [-0.1, -0.05) is 376 Å². The van der Waals surface area contributed by atoms with Gasteiger partial charge in [0.25, 0.3) is 0 Å². The lowest BCUT2D eigenvalue weighted by atomic mass is 9.99. The Morgan fingerprint density at radius 2 is 0.475 bits per heavy atom. The lowest BCUT2D eigenvalue weighted by Crippen LogP contribution is -2.30. The molecule has 5 unspecified atom stereocenters. The standard InChI is InChI=1S/C82H160O17P2/c1-8-12-13-14-15-16-17-18-19-20-21-22-23-24-25-26-27-35-44-51-58-65-81(86)98-77(69-92-79(84)63-56-49-42-34-30-28-32-39-46-53-60-73(5)9-2)71-96-100(88,89)94-67-76(83)68-95-101(90,91)97-72-78(70-93-80(85)64-57-50-43-38-37-41-48-55-62-75(7)11-4)99-82(87)66-59-52-45-36-31-29-33-40-47-54-61-74(6)10-3/h73-78,83H,8-72H2,1-7H3,(H,88,89)(H,90,91)/t73?,74?,75?,76-,77-,78-/m1/s1. The molecule has 8 atom stereocenters. The van der Waals surface area contributed by atoms with Gasteiger partial charge >= 0.3 is 39.5 Å². The Labute approximate surface area is 619 Å². The summed E-state index contributed by atoms with van der Waals surface area (Å²) < 4.78 is 68.8. The zero-order valence-electron chi connectivity index (χ0n) is 66.4. The van der Waals surface area contributed by atoms with E-state index in [2.05, 4.69) is 48.5 Å². The van der Waals surface area contributed by atoms with Crippen molar-refractivity contribution in [3.8, 4) is 0 Å². The Bertz CT molecular complexity index is 1960. The van der Waals surface area contributed by atoms with Crippen molar-refractivity contribution in [2.24, 2.45) is 17.8 Å². The Kier molecular flexibility index (Phi) is 70.9. The number of phosphoric acid groups is 2. The first-order valence-corrected chi connectivity index (χ1v) is 45.5. The topological polar surface area (TPSA) is 237 Å². The van der Waals surface area contributed by atoms with E-state index in [4.69, 9.17) is 37.0 Å². The molecule has 19 heteroatoms. The van der Waals surface area contributed by atoms with Crippen molar-refractivity contribution in [3.05, 3.63) is 0 Å². The van der Waals surface area contributed by atoms with Crippen molar-refractivity contribution in [2.75, 3.05) is 39.6 Å². The van der Waals surface area contributed by atoms with Crippen LogP contribution in [0.25, 0.3) is 0 Å². The van der Waals surface area contributed by atoms with Crippen LogP contribution in [0, 0.1) is 17.8 Å². The van der Waals surface area contributed by atoms with E-state index in [-0.39, 0.29) is 25.7 Å². The van der Waals surface area contributed by atoms with Gasteiger partial charge in [0.2, 0.25) is 0 Å². The zero-order chi connectivity index (χ0) is 74.4. The normalized spacial score (nSPS) is 14.8. The lowest BCUT2D eigenvalue weighted by Gasteiger charge is -2.21. The van der Waals surface area contributed by atoms with E-state index < -0.39 is 97.5 Å². The molecule has 600 valence electrons. The molecule has 0 aliphatic rings. The van der Waals surface area contributed by atoms with E-state index in [1.165, 1.54) is 238 Å². The van der Waals surface area contributed by atoms with Crippen LogP contribution in [-0.2, 0) is 65.4 Å². The number of unbranched alkanes of at least 4 members (excludes halogenated alkanes) is 45. The van der Waals surface area contributed by atoms with Crippen molar-refractivity contribution in [3.63, 3.8) is 0 Å². The number of aliphatic hydroxyl groups excluding tert-OH is 1. The fourth-order valence-corrected chi connectivity index (χ4v) is 14.1. The van der Waals surface area contributed by atoms with E-state index in [1.807, 2.05) is 0 Å². The van der Waals surface area contributed by atoms with Crippen LogP contribution in [0.15, 0.2) is 0 Å². The van der Waals surface area contributed by atoms with Gasteiger partial charge in [-0.05, 0) is 43.4 Å². The quantitative estimate of drug-likeness (QED) is 0.0222. The van der Waals surface area contributed by atoms with Gasteiger partial charge in [0, 0.05) is 25.7 Å². The van der Waals surface area contributed by atoms with Gasteiger partial charge in [-0.2, -0.15) is 0 Å². The molecule has 0 aliphatic carbocycles. The molecule has 0 rings (SSSR count). The van der Waals surface area contributed by atoms with E-state index in [1.54, 1.807) is 0 Å². The molecule has 0 aromatic heterocycles. The van der Waals surface area contributed by atoms with Crippen LogP contribution in [-0.4, -0.2) is 96.7 Å². The number of hydrogen-bond donors (Lipinski definition) is 3. The summed E-state index contributed by atoms with van der Waals surface area (Å²) in [4.78, 5) is 73.1. The Balaban J connectivity index is 5.25. The highest BCUT2D eigenvalue weighted by atomic mass is 31.2. The first-order chi connectivity index (χ1) is 48.8. The van der Waals surface area contributed by atoms with Crippen molar-refractivity contribution in [2.45, 2.75) is 446 Å². The molecule has 17 nitrogen and oxygen atoms in total. The minimum atomic E-state index is -4.96. The summed E-state index contributed by atoms with van der Waals surface area (Å²) in [6.45, 7) is 12.0. The van der Waals surface area contributed by atoms with Gasteiger partial charge < -0.3 is 33.8 Å². The number of phosphoric ester groups is 2. The van der Waals surface area contributed by atoms with Crippen LogP contribution in [0.3, 0.4) is 0 Å². The molecule has 0 heterocycles. The van der Waals surface area contributed by atoms with Crippen LogP contribution >= 0.6 is 15.6 Å². The smallest absolute Gasteiger partial charge is 0.462 e. The SMILES string of the molecule is CCCCCCCCCCCCCCCCCCCCCCCC(=O)O[C@H](COC(=O)CCCCCCCCCCCCC(C)CC)COP(=O)(O)OC[C@@H](O)COP(=O)(O)OC[C@@H](COC(=O)CCCCCCCCCCC(C)CC)OC(=O)CCCCCCCCCCCCC(C)CC. The third-order valence-electron chi connectivity index (χ3n) is 20.2. The molecular weight excluding hydrogens is 1320 g/mol. The largest absolute Gasteiger partial charge is 0.472 e. The number of hydrogen-bond acceptors (Lipinski definition) is 15. The van der Waals surface area contributed by atoms with Crippen molar-refractivity contribution >= 4 is 39.5 Å². The highest BCUT2D eigenvalue weighted by Crippen LogP contribution is 2.45. The number of rotatable bonds is 80. The molecule has 0 aliphatic heterocycles. The number of carbonyl (C=O) groups is 4. The molecule has 0 saturated heterocycles. The zero-order valence-corrected chi connectivity index (χ0v) is 68.2. The van der Waals surface area contributed by atoms with Crippen molar-refractivity contribution in [1.82, 2.24) is 0 Å². The van der Waals surface area contributed by atoms with Crippen molar-refractivity contribution in [1.29, 1.82) is 0 Å². The Hall–Kier alpha value is -1.94. The maximum atomic E-state index is 13.1. The van der Waals surface area contributed by atoms with Gasteiger partial charge in [-0.15, -0.1) is 0 Å². The fraction of sp³-hybridized carbons (Fsp3) is 0.951. The number of ether oxygens (including phenoxy) is 4. The Morgan fingerprint density at radius 1 is 0.277 bits per heavy atom. The molecule has 0 bridgehead atoms. The van der Waals surface area contributed by atoms with E-state index in [0.717, 1.165) is 108 Å². The van der Waals surface area contributed by atoms with E-state index in [0.29, 0.717) is 25.7 Å². The van der Waals surface area contributed by atoms with E-state index >= 15 is 0 Å². The molecule has 0 saturated carbocycles. The van der Waals surface area contributed by atoms with Gasteiger partial charge in [0.15, 0.2) is 12.2 Å². The van der Waals surface area contributed by atoms with Gasteiger partial charge in [0.1, 0.15) is 19.3 Å². The highest BCUT2D eigenvalue weighted by molar-refractivity contribution is 7.47. The van der Waals surface area contributed by atoms with Crippen LogP contribution in [0.4, 0.5) is 0 Å². The predicted octanol–water partition coefficient (Wildman–Crippen LogP) is 24.5. The van der Waals surface area contributed by atoms with E-state index in [9.17, 15) is 43.2 Å². The lowest BCUT2D eigenvalue weighted by molar-refractivity contribution is -0.161. The number of esters is 4. The summed E-state index contributed by atoms with van der Waals surface area (Å²) in [6, 6.07) is 0. The summed E-state index contributed by atoms with van der Waals surface area (Å²) >= 11 is 0. The van der Waals surface area contributed by atoms with Gasteiger partial charge in [-0.3, -0.25) is 37.3 Å². The summed E-state index contributed by atoms with van der Waals surface area (Å²) in [5.74, 6) is 0.279. The van der Waals surface area contributed by atoms with Gasteiger partial charge in [-0.25, -0.2) is 9.13 Å². The second-order valence-electron chi connectivity index (χ2n) is 30.2. The minimum absolute atomic E-state index is 0.106. The molecule has 0 amide bonds. The molecule has 3 N–H and O–H groups in total. The molecule has 0 fully saturated rings. The summed E-state index contributed by atoms with van der Waals surface area (Å²) in [7, 11) is -9.92. The maximum Gasteiger partial charge on any atom is 0.472 e. The van der Waals surface area contributed by atoms with Crippen molar-refractivity contribution < 1.29 is 80.2 Å². The molecule has 101 heavy (non-hydrogen) atoms. The summed E-state index contributed by atoms with van der Waals surface area (Å²) in [5.41, 5.74) is 0.